The van der Waals surface area contributed by atoms with Crippen molar-refractivity contribution in [2.45, 2.75) is 38.6 Å². The van der Waals surface area contributed by atoms with E-state index in [2.05, 4.69) is 0 Å². The SMILES string of the molecule is C[C@H](N)CC(=O)N1CCCCC1. The lowest BCUT2D eigenvalue weighted by Gasteiger charge is -2.27. The highest BCUT2D eigenvalue weighted by Crippen LogP contribution is 2.10. The van der Waals surface area contributed by atoms with Crippen LogP contribution in [0.25, 0.3) is 0 Å². The first kappa shape index (κ1) is 9.52. The molecule has 0 saturated carbocycles. The summed E-state index contributed by atoms with van der Waals surface area (Å²) in [7, 11) is 0. The Morgan fingerprint density at radius 3 is 2.50 bits per heavy atom. The van der Waals surface area contributed by atoms with Gasteiger partial charge in [-0.3, -0.25) is 4.79 Å². The number of nitrogens with zero attached hydrogens (tertiary/aromatic N) is 1. The minimum absolute atomic E-state index is 0.000531. The molecule has 1 heterocycles. The van der Waals surface area contributed by atoms with Crippen LogP contribution in [0, 0.1) is 0 Å². The molecule has 12 heavy (non-hydrogen) atoms. The van der Waals surface area contributed by atoms with Crippen LogP contribution in [0.3, 0.4) is 0 Å². The molecule has 0 aromatic heterocycles. The minimum Gasteiger partial charge on any atom is -0.343 e. The van der Waals surface area contributed by atoms with E-state index in [9.17, 15) is 4.79 Å². The third-order valence-corrected chi connectivity index (χ3v) is 2.21. The summed E-state index contributed by atoms with van der Waals surface area (Å²) >= 11 is 0. The summed E-state index contributed by atoms with van der Waals surface area (Å²) in [5.74, 6) is 0.227. The number of carbonyl (C=O) groups is 1. The molecule has 3 heteroatoms. The standard InChI is InChI=1S/C9H18N2O/c1-8(10)7-9(12)11-5-3-2-4-6-11/h8H,2-7,10H2,1H3/t8-/m0/s1. The molecule has 0 aliphatic carbocycles. The lowest BCUT2D eigenvalue weighted by atomic mass is 10.1. The van der Waals surface area contributed by atoms with Gasteiger partial charge in [-0.25, -0.2) is 0 Å². The summed E-state index contributed by atoms with van der Waals surface area (Å²) in [5.41, 5.74) is 5.55. The number of piperidine rings is 1. The Bertz CT molecular complexity index is 151. The summed E-state index contributed by atoms with van der Waals surface area (Å²) < 4.78 is 0. The molecule has 0 radical (unpaired) electrons. The van der Waals surface area contributed by atoms with Gasteiger partial charge in [-0.1, -0.05) is 0 Å². The lowest BCUT2D eigenvalue weighted by molar-refractivity contribution is -0.132. The Balaban J connectivity index is 2.30. The number of likely N-dealkylation sites (tertiary alicyclic amines) is 1. The lowest BCUT2D eigenvalue weighted by Crippen LogP contribution is -2.38. The van der Waals surface area contributed by atoms with Crippen LogP contribution in [0.5, 0.6) is 0 Å². The van der Waals surface area contributed by atoms with Gasteiger partial charge in [0.25, 0.3) is 0 Å². The van der Waals surface area contributed by atoms with Gasteiger partial charge in [0, 0.05) is 25.6 Å². The zero-order valence-electron chi connectivity index (χ0n) is 7.75. The van der Waals surface area contributed by atoms with Crippen molar-refractivity contribution < 1.29 is 4.79 Å². The van der Waals surface area contributed by atoms with Crippen molar-refractivity contribution in [1.82, 2.24) is 4.90 Å². The second-order valence-electron chi connectivity index (χ2n) is 3.62. The van der Waals surface area contributed by atoms with Gasteiger partial charge in [-0.15, -0.1) is 0 Å². The molecule has 0 spiro atoms. The number of nitrogens with two attached hydrogens (primary N) is 1. The van der Waals surface area contributed by atoms with Gasteiger partial charge in [0.2, 0.25) is 5.91 Å². The fourth-order valence-electron chi connectivity index (χ4n) is 1.55. The Morgan fingerprint density at radius 2 is 2.00 bits per heavy atom. The van der Waals surface area contributed by atoms with E-state index in [1.807, 2.05) is 11.8 Å². The molecule has 70 valence electrons. The summed E-state index contributed by atoms with van der Waals surface area (Å²) in [6, 6.07) is -0.000531. The highest BCUT2D eigenvalue weighted by Gasteiger charge is 2.16. The Kier molecular flexibility index (Phi) is 3.53. The molecule has 3 nitrogen and oxygen atoms in total. The van der Waals surface area contributed by atoms with E-state index in [1.54, 1.807) is 0 Å². The normalized spacial score (nSPS) is 20.7. The van der Waals surface area contributed by atoms with Crippen LogP contribution < -0.4 is 5.73 Å². The van der Waals surface area contributed by atoms with Crippen LogP contribution in [-0.4, -0.2) is 29.9 Å². The molecule has 0 aromatic carbocycles. The van der Waals surface area contributed by atoms with Crippen molar-refractivity contribution in [2.75, 3.05) is 13.1 Å². The van der Waals surface area contributed by atoms with E-state index in [1.165, 1.54) is 6.42 Å². The molecule has 1 aliphatic rings. The number of carbonyl (C=O) groups excluding carboxylic acids is 1. The zero-order valence-corrected chi connectivity index (χ0v) is 7.75. The summed E-state index contributed by atoms with van der Waals surface area (Å²) in [6.45, 7) is 3.75. The first-order valence-corrected chi connectivity index (χ1v) is 4.73. The number of amides is 1. The molecule has 0 aromatic rings. The highest BCUT2D eigenvalue weighted by atomic mass is 16.2. The monoisotopic (exact) mass is 170 g/mol. The molecule has 1 aliphatic heterocycles. The third-order valence-electron chi connectivity index (χ3n) is 2.21. The maximum Gasteiger partial charge on any atom is 0.224 e. The van der Waals surface area contributed by atoms with Gasteiger partial charge in [0.05, 0.1) is 0 Å². The fourth-order valence-corrected chi connectivity index (χ4v) is 1.55. The van der Waals surface area contributed by atoms with Crippen LogP contribution >= 0.6 is 0 Å². The number of hydrogen-bond donors (Lipinski definition) is 1. The van der Waals surface area contributed by atoms with E-state index in [4.69, 9.17) is 5.73 Å². The van der Waals surface area contributed by atoms with Gasteiger partial charge in [0.1, 0.15) is 0 Å². The average molecular weight is 170 g/mol. The van der Waals surface area contributed by atoms with Gasteiger partial charge in [0.15, 0.2) is 0 Å². The van der Waals surface area contributed by atoms with E-state index < -0.39 is 0 Å². The van der Waals surface area contributed by atoms with Crippen molar-refractivity contribution in [3.63, 3.8) is 0 Å². The summed E-state index contributed by atoms with van der Waals surface area (Å²) in [4.78, 5) is 13.4. The Morgan fingerprint density at radius 1 is 1.42 bits per heavy atom. The van der Waals surface area contributed by atoms with Crippen molar-refractivity contribution >= 4 is 5.91 Å². The molecular weight excluding hydrogens is 152 g/mol. The van der Waals surface area contributed by atoms with Crippen molar-refractivity contribution in [3.05, 3.63) is 0 Å². The minimum atomic E-state index is -0.000531. The topological polar surface area (TPSA) is 46.3 Å². The van der Waals surface area contributed by atoms with E-state index in [-0.39, 0.29) is 11.9 Å². The number of hydrogen-bond acceptors (Lipinski definition) is 2. The van der Waals surface area contributed by atoms with E-state index >= 15 is 0 Å². The van der Waals surface area contributed by atoms with Gasteiger partial charge in [-0.2, -0.15) is 0 Å². The zero-order chi connectivity index (χ0) is 8.97. The highest BCUT2D eigenvalue weighted by molar-refractivity contribution is 5.76. The Labute approximate surface area is 73.9 Å². The molecule has 1 saturated heterocycles. The second kappa shape index (κ2) is 4.45. The van der Waals surface area contributed by atoms with Crippen molar-refractivity contribution in [2.24, 2.45) is 5.73 Å². The Hall–Kier alpha value is -0.570. The smallest absolute Gasteiger partial charge is 0.224 e. The van der Waals surface area contributed by atoms with Crippen LogP contribution in [0.15, 0.2) is 0 Å². The molecule has 0 unspecified atom stereocenters. The summed E-state index contributed by atoms with van der Waals surface area (Å²) in [6.07, 6.45) is 4.08. The van der Waals surface area contributed by atoms with Crippen LogP contribution in [-0.2, 0) is 4.79 Å². The third kappa shape index (κ3) is 2.81. The van der Waals surface area contributed by atoms with Crippen molar-refractivity contribution in [3.8, 4) is 0 Å². The quantitative estimate of drug-likeness (QED) is 0.664. The molecule has 2 N–H and O–H groups in total. The van der Waals surface area contributed by atoms with Gasteiger partial charge in [-0.05, 0) is 26.2 Å². The van der Waals surface area contributed by atoms with E-state index in [0.717, 1.165) is 25.9 Å². The first-order chi connectivity index (χ1) is 5.70. The summed E-state index contributed by atoms with van der Waals surface area (Å²) in [5, 5.41) is 0. The first-order valence-electron chi connectivity index (χ1n) is 4.73. The van der Waals surface area contributed by atoms with Gasteiger partial charge < -0.3 is 10.6 Å². The van der Waals surface area contributed by atoms with Crippen LogP contribution in [0.1, 0.15) is 32.6 Å². The maximum absolute atomic E-state index is 11.5. The predicted octanol–water partition coefficient (Wildman–Crippen LogP) is 0.736. The molecule has 1 atom stereocenters. The van der Waals surface area contributed by atoms with Crippen LogP contribution in [0.4, 0.5) is 0 Å². The molecule has 0 bridgehead atoms. The largest absolute Gasteiger partial charge is 0.343 e. The van der Waals surface area contributed by atoms with E-state index in [0.29, 0.717) is 6.42 Å². The van der Waals surface area contributed by atoms with Gasteiger partial charge >= 0.3 is 0 Å². The fraction of sp³-hybridized carbons (Fsp3) is 0.889. The number of rotatable bonds is 2. The average Bonchev–Trinajstić information content (AvgIpc) is 2.05. The molecule has 1 amide bonds. The van der Waals surface area contributed by atoms with Crippen molar-refractivity contribution in [1.29, 1.82) is 0 Å². The molecule has 1 rings (SSSR count). The maximum atomic E-state index is 11.5. The second-order valence-corrected chi connectivity index (χ2v) is 3.62. The van der Waals surface area contributed by atoms with Crippen LogP contribution in [0.2, 0.25) is 0 Å². The predicted molar refractivity (Wildman–Crippen MR) is 48.7 cm³/mol. The molecule has 1 fully saturated rings. The molecular formula is C9H18N2O.